The van der Waals surface area contributed by atoms with Crippen LogP contribution in [-0.2, 0) is 11.3 Å². The van der Waals surface area contributed by atoms with E-state index in [1.54, 1.807) is 0 Å². The SMILES string of the molecule is O=C(NC12CC3(F)CC(F)(CC(F)(C3)C1)C2)OCc1ccccc1. The lowest BCUT2D eigenvalue weighted by Crippen LogP contribution is -2.72. The Morgan fingerprint density at radius 3 is 1.92 bits per heavy atom. The molecular formula is C18H20F3NO2. The molecule has 4 aliphatic carbocycles. The molecule has 1 N–H and O–H groups in total. The zero-order valence-electron chi connectivity index (χ0n) is 13.3. The van der Waals surface area contributed by atoms with E-state index in [1.807, 2.05) is 30.3 Å². The first-order valence-electron chi connectivity index (χ1n) is 8.27. The number of hydrogen-bond donors (Lipinski definition) is 1. The third kappa shape index (κ3) is 2.76. The Labute approximate surface area is 138 Å². The molecule has 4 bridgehead atoms. The molecule has 0 unspecified atom stereocenters. The fourth-order valence-electron chi connectivity index (χ4n) is 5.38. The topological polar surface area (TPSA) is 38.3 Å². The molecule has 0 spiro atoms. The summed E-state index contributed by atoms with van der Waals surface area (Å²) in [5.41, 5.74) is -6.04. The van der Waals surface area contributed by atoms with Gasteiger partial charge in [0, 0.05) is 38.5 Å². The molecule has 0 atom stereocenters. The number of halogens is 3. The quantitative estimate of drug-likeness (QED) is 0.898. The van der Waals surface area contributed by atoms with Gasteiger partial charge in [0.05, 0.1) is 5.54 Å². The van der Waals surface area contributed by atoms with E-state index in [1.165, 1.54) is 0 Å². The molecule has 4 saturated carbocycles. The lowest BCUT2D eigenvalue weighted by atomic mass is 9.49. The third-order valence-corrected chi connectivity index (χ3v) is 5.45. The summed E-state index contributed by atoms with van der Waals surface area (Å²) in [4.78, 5) is 12.1. The first-order chi connectivity index (χ1) is 11.2. The Kier molecular flexibility index (Phi) is 3.22. The summed E-state index contributed by atoms with van der Waals surface area (Å²) in [5.74, 6) is 0. The van der Waals surface area contributed by atoms with E-state index in [2.05, 4.69) is 5.32 Å². The van der Waals surface area contributed by atoms with Crippen molar-refractivity contribution in [3.8, 4) is 0 Å². The molecule has 0 radical (unpaired) electrons. The molecule has 1 aromatic rings. The van der Waals surface area contributed by atoms with Gasteiger partial charge in [-0.2, -0.15) is 0 Å². The number of carbonyl (C=O) groups is 1. The Morgan fingerprint density at radius 2 is 1.42 bits per heavy atom. The van der Waals surface area contributed by atoms with Gasteiger partial charge in [0.25, 0.3) is 0 Å². The maximum absolute atomic E-state index is 14.8. The molecule has 0 aliphatic heterocycles. The predicted molar refractivity (Wildman–Crippen MR) is 81.7 cm³/mol. The second-order valence-electron chi connectivity index (χ2n) is 7.98. The molecule has 1 aromatic carbocycles. The Morgan fingerprint density at radius 1 is 0.917 bits per heavy atom. The second-order valence-corrected chi connectivity index (χ2v) is 7.98. The van der Waals surface area contributed by atoms with Crippen LogP contribution < -0.4 is 5.32 Å². The molecule has 0 aromatic heterocycles. The van der Waals surface area contributed by atoms with E-state index in [-0.39, 0.29) is 45.1 Å². The van der Waals surface area contributed by atoms with Crippen molar-refractivity contribution < 1.29 is 22.7 Å². The first kappa shape index (κ1) is 15.8. The van der Waals surface area contributed by atoms with Crippen molar-refractivity contribution in [2.45, 2.75) is 67.7 Å². The maximum Gasteiger partial charge on any atom is 0.407 e. The van der Waals surface area contributed by atoms with Crippen LogP contribution in [0.15, 0.2) is 30.3 Å². The summed E-state index contributed by atoms with van der Waals surface area (Å²) in [7, 11) is 0. The zero-order chi connectivity index (χ0) is 17.1. The van der Waals surface area contributed by atoms with Crippen molar-refractivity contribution in [3.05, 3.63) is 35.9 Å². The van der Waals surface area contributed by atoms with Crippen LogP contribution in [-0.4, -0.2) is 28.6 Å². The molecule has 130 valence electrons. The fraction of sp³-hybridized carbons (Fsp3) is 0.611. The predicted octanol–water partition coefficient (Wildman–Crippen LogP) is 4.16. The van der Waals surface area contributed by atoms with Crippen LogP contribution in [0.1, 0.15) is 44.1 Å². The normalized spacial score (nSPS) is 42.8. The molecule has 0 saturated heterocycles. The van der Waals surface area contributed by atoms with E-state index < -0.39 is 28.6 Å². The number of rotatable bonds is 3. The standard InChI is InChI=1S/C18H20F3NO2/c19-15-7-16(20)9-17(21,8-15)12-18(10-15,11-16)22-14(23)24-6-13-4-2-1-3-5-13/h1-5H,6-12H2,(H,22,23). The minimum atomic E-state index is -1.88. The highest BCUT2D eigenvalue weighted by molar-refractivity contribution is 5.68. The summed E-state index contributed by atoms with van der Waals surface area (Å²) in [6.45, 7) is 0.0606. The van der Waals surface area contributed by atoms with E-state index in [4.69, 9.17) is 4.74 Å². The highest BCUT2D eigenvalue weighted by Crippen LogP contribution is 2.64. The van der Waals surface area contributed by atoms with E-state index in [0.717, 1.165) is 5.56 Å². The van der Waals surface area contributed by atoms with Crippen LogP contribution in [0.5, 0.6) is 0 Å². The van der Waals surface area contributed by atoms with E-state index >= 15 is 0 Å². The second kappa shape index (κ2) is 4.90. The molecule has 6 heteroatoms. The van der Waals surface area contributed by atoms with Crippen LogP contribution in [0.2, 0.25) is 0 Å². The smallest absolute Gasteiger partial charge is 0.407 e. The number of amides is 1. The number of nitrogens with one attached hydrogen (secondary N) is 1. The maximum atomic E-state index is 14.8. The summed E-state index contributed by atoms with van der Waals surface area (Å²) in [6.07, 6.45) is -1.69. The van der Waals surface area contributed by atoms with Gasteiger partial charge < -0.3 is 10.1 Å². The lowest BCUT2D eigenvalue weighted by Gasteiger charge is -2.62. The highest BCUT2D eigenvalue weighted by atomic mass is 19.2. The van der Waals surface area contributed by atoms with Crippen LogP contribution >= 0.6 is 0 Å². The molecule has 4 aliphatic rings. The van der Waals surface area contributed by atoms with E-state index in [9.17, 15) is 18.0 Å². The van der Waals surface area contributed by atoms with Crippen molar-refractivity contribution in [1.29, 1.82) is 0 Å². The van der Waals surface area contributed by atoms with Gasteiger partial charge >= 0.3 is 6.09 Å². The van der Waals surface area contributed by atoms with Gasteiger partial charge in [0.2, 0.25) is 0 Å². The minimum Gasteiger partial charge on any atom is -0.445 e. The Hall–Kier alpha value is -1.72. The molecule has 4 fully saturated rings. The number of hydrogen-bond acceptors (Lipinski definition) is 2. The van der Waals surface area contributed by atoms with Gasteiger partial charge in [-0.15, -0.1) is 0 Å². The molecule has 3 nitrogen and oxygen atoms in total. The first-order valence-corrected chi connectivity index (χ1v) is 8.27. The van der Waals surface area contributed by atoms with Crippen molar-refractivity contribution in [3.63, 3.8) is 0 Å². The van der Waals surface area contributed by atoms with Gasteiger partial charge in [0.1, 0.15) is 23.6 Å². The number of alkyl halides is 3. The lowest BCUT2D eigenvalue weighted by molar-refractivity contribution is -0.194. The van der Waals surface area contributed by atoms with Crippen LogP contribution in [0.25, 0.3) is 0 Å². The third-order valence-electron chi connectivity index (χ3n) is 5.45. The van der Waals surface area contributed by atoms with E-state index in [0.29, 0.717) is 0 Å². The molecule has 1 amide bonds. The van der Waals surface area contributed by atoms with Gasteiger partial charge in [-0.25, -0.2) is 18.0 Å². The van der Waals surface area contributed by atoms with Gasteiger partial charge in [0.15, 0.2) is 0 Å². The number of benzene rings is 1. The molecule has 5 rings (SSSR count). The van der Waals surface area contributed by atoms with Gasteiger partial charge in [-0.05, 0) is 5.56 Å². The summed E-state index contributed by atoms with van der Waals surface area (Å²) >= 11 is 0. The highest BCUT2D eigenvalue weighted by Gasteiger charge is 2.71. The monoisotopic (exact) mass is 339 g/mol. The summed E-state index contributed by atoms with van der Waals surface area (Å²) in [5, 5.41) is 2.59. The van der Waals surface area contributed by atoms with Crippen LogP contribution in [0.3, 0.4) is 0 Å². The summed E-state index contributed by atoms with van der Waals surface area (Å²) < 4.78 is 49.7. The number of carbonyl (C=O) groups excluding carboxylic acids is 1. The van der Waals surface area contributed by atoms with Crippen LogP contribution in [0.4, 0.5) is 18.0 Å². The minimum absolute atomic E-state index is 0.0439. The number of alkyl carbamates (subject to hydrolysis) is 1. The Bertz CT molecular complexity index is 612. The Balaban J connectivity index is 1.47. The molecule has 24 heavy (non-hydrogen) atoms. The number of ether oxygens (including phenoxy) is 1. The van der Waals surface area contributed by atoms with Crippen LogP contribution in [0, 0.1) is 0 Å². The van der Waals surface area contributed by atoms with Crippen molar-refractivity contribution in [2.24, 2.45) is 0 Å². The molecular weight excluding hydrogens is 319 g/mol. The van der Waals surface area contributed by atoms with Crippen molar-refractivity contribution >= 4 is 6.09 Å². The molecule has 0 heterocycles. The fourth-order valence-corrected chi connectivity index (χ4v) is 5.38. The van der Waals surface area contributed by atoms with Gasteiger partial charge in [-0.3, -0.25) is 0 Å². The average Bonchev–Trinajstić information content (AvgIpc) is 2.40. The van der Waals surface area contributed by atoms with Crippen molar-refractivity contribution in [2.75, 3.05) is 0 Å². The van der Waals surface area contributed by atoms with Gasteiger partial charge in [-0.1, -0.05) is 30.3 Å². The largest absolute Gasteiger partial charge is 0.445 e. The summed E-state index contributed by atoms with van der Waals surface area (Å²) in [6, 6.07) is 9.11. The van der Waals surface area contributed by atoms with Crippen molar-refractivity contribution in [1.82, 2.24) is 5.32 Å². The zero-order valence-corrected chi connectivity index (χ0v) is 13.3. The average molecular weight is 339 g/mol.